The molecule has 0 fully saturated rings. The average Bonchev–Trinajstić information content (AvgIpc) is 2.74. The van der Waals surface area contributed by atoms with E-state index in [9.17, 15) is 14.4 Å². The van der Waals surface area contributed by atoms with Gasteiger partial charge in [0.1, 0.15) is 5.71 Å². The summed E-state index contributed by atoms with van der Waals surface area (Å²) >= 11 is 0. The van der Waals surface area contributed by atoms with Crippen LogP contribution in [0.15, 0.2) is 59.7 Å². The number of rotatable bonds is 6. The lowest BCUT2D eigenvalue weighted by Gasteiger charge is -2.23. The molecule has 2 aromatic rings. The number of hydrazone groups is 1. The van der Waals surface area contributed by atoms with Crippen LogP contribution in [0.5, 0.6) is 0 Å². The van der Waals surface area contributed by atoms with E-state index in [1.807, 2.05) is 30.3 Å². The Labute approximate surface area is 163 Å². The molecule has 7 heteroatoms. The van der Waals surface area contributed by atoms with Gasteiger partial charge in [-0.3, -0.25) is 9.59 Å². The normalized spacial score (nSPS) is 13.7. The molecule has 1 aliphatic heterocycles. The molecule has 2 aromatic carbocycles. The molecule has 7 nitrogen and oxygen atoms in total. The second-order valence-corrected chi connectivity index (χ2v) is 6.28. The zero-order valence-corrected chi connectivity index (χ0v) is 15.6. The second kappa shape index (κ2) is 8.94. The number of carbonyl (C=O) groups excluding carboxylic acids is 3. The first kappa shape index (κ1) is 19.3. The van der Waals surface area contributed by atoms with Gasteiger partial charge in [-0.25, -0.2) is 9.80 Å². The summed E-state index contributed by atoms with van der Waals surface area (Å²) in [6, 6.07) is 16.1. The van der Waals surface area contributed by atoms with E-state index < -0.39 is 0 Å². The maximum Gasteiger partial charge on any atom is 0.337 e. The van der Waals surface area contributed by atoms with E-state index in [-0.39, 0.29) is 24.2 Å². The third-order valence-corrected chi connectivity index (χ3v) is 4.37. The van der Waals surface area contributed by atoms with E-state index in [1.54, 1.807) is 24.3 Å². The third kappa shape index (κ3) is 4.62. The number of carbonyl (C=O) groups is 3. The molecule has 0 spiro atoms. The molecule has 2 amide bonds. The van der Waals surface area contributed by atoms with Crippen molar-refractivity contribution >= 4 is 29.2 Å². The van der Waals surface area contributed by atoms with Gasteiger partial charge in [-0.15, -0.1) is 0 Å². The Morgan fingerprint density at radius 1 is 1.07 bits per heavy atom. The number of esters is 1. The summed E-state index contributed by atoms with van der Waals surface area (Å²) in [5, 5.41) is 8.35. The zero-order valence-electron chi connectivity index (χ0n) is 15.6. The fourth-order valence-corrected chi connectivity index (χ4v) is 2.84. The van der Waals surface area contributed by atoms with Crippen LogP contribution in [-0.4, -0.2) is 37.1 Å². The van der Waals surface area contributed by atoms with E-state index in [4.69, 9.17) is 0 Å². The summed E-state index contributed by atoms with van der Waals surface area (Å²) in [6.45, 7) is 0.425. The quantitative estimate of drug-likeness (QED) is 0.780. The molecule has 0 saturated carbocycles. The zero-order chi connectivity index (χ0) is 19.9. The molecule has 144 valence electrons. The SMILES string of the molecule is COC(=O)c1ccc(CCNC(=O)C2=NN(c3ccccc3)C(=O)CC2)cc1. The number of hydrogen-bond acceptors (Lipinski definition) is 5. The number of hydrogen-bond donors (Lipinski definition) is 1. The van der Waals surface area contributed by atoms with Crippen molar-refractivity contribution in [1.29, 1.82) is 0 Å². The van der Waals surface area contributed by atoms with E-state index in [0.29, 0.717) is 36.3 Å². The van der Waals surface area contributed by atoms with Crippen molar-refractivity contribution in [2.75, 3.05) is 18.7 Å². The summed E-state index contributed by atoms with van der Waals surface area (Å²) in [4.78, 5) is 36.0. The summed E-state index contributed by atoms with van der Waals surface area (Å²) < 4.78 is 4.67. The molecule has 1 N–H and O–H groups in total. The number of para-hydroxylation sites is 1. The summed E-state index contributed by atoms with van der Waals surface area (Å²) in [6.07, 6.45) is 1.18. The minimum atomic E-state index is -0.382. The van der Waals surface area contributed by atoms with Gasteiger partial charge in [-0.1, -0.05) is 30.3 Å². The van der Waals surface area contributed by atoms with Gasteiger partial charge < -0.3 is 10.1 Å². The van der Waals surface area contributed by atoms with Gasteiger partial charge in [0.25, 0.3) is 5.91 Å². The fraction of sp³-hybridized carbons (Fsp3) is 0.238. The van der Waals surface area contributed by atoms with E-state index in [0.717, 1.165) is 5.56 Å². The first-order chi connectivity index (χ1) is 13.6. The van der Waals surface area contributed by atoms with Crippen molar-refractivity contribution in [2.45, 2.75) is 19.3 Å². The Hall–Kier alpha value is -3.48. The van der Waals surface area contributed by atoms with Crippen LogP contribution < -0.4 is 10.3 Å². The van der Waals surface area contributed by atoms with Crippen molar-refractivity contribution in [3.8, 4) is 0 Å². The van der Waals surface area contributed by atoms with Crippen LogP contribution in [0.1, 0.15) is 28.8 Å². The maximum absolute atomic E-state index is 12.4. The molecular weight excluding hydrogens is 358 g/mol. The Morgan fingerprint density at radius 3 is 2.46 bits per heavy atom. The number of ether oxygens (including phenoxy) is 1. The van der Waals surface area contributed by atoms with E-state index >= 15 is 0 Å². The lowest BCUT2D eigenvalue weighted by Crippen LogP contribution is -2.39. The van der Waals surface area contributed by atoms with Crippen LogP contribution in [0.4, 0.5) is 5.69 Å². The second-order valence-electron chi connectivity index (χ2n) is 6.28. The summed E-state index contributed by atoms with van der Waals surface area (Å²) in [7, 11) is 1.34. The Morgan fingerprint density at radius 2 is 1.79 bits per heavy atom. The van der Waals surface area contributed by atoms with Gasteiger partial charge in [0, 0.05) is 19.4 Å². The highest BCUT2D eigenvalue weighted by atomic mass is 16.5. The van der Waals surface area contributed by atoms with Crippen molar-refractivity contribution < 1.29 is 19.1 Å². The van der Waals surface area contributed by atoms with Gasteiger partial charge in [0.05, 0.1) is 18.4 Å². The third-order valence-electron chi connectivity index (χ3n) is 4.37. The monoisotopic (exact) mass is 379 g/mol. The highest BCUT2D eigenvalue weighted by molar-refractivity contribution is 6.40. The number of nitrogens with zero attached hydrogens (tertiary/aromatic N) is 2. The van der Waals surface area contributed by atoms with Crippen LogP contribution in [0.3, 0.4) is 0 Å². The van der Waals surface area contributed by atoms with Gasteiger partial charge >= 0.3 is 5.97 Å². The first-order valence-electron chi connectivity index (χ1n) is 8.99. The van der Waals surface area contributed by atoms with Crippen LogP contribution >= 0.6 is 0 Å². The highest BCUT2D eigenvalue weighted by Crippen LogP contribution is 2.19. The number of benzene rings is 2. The van der Waals surface area contributed by atoms with Gasteiger partial charge in [-0.05, 0) is 36.2 Å². The molecule has 1 heterocycles. The Bertz CT molecular complexity index is 892. The number of methoxy groups -OCH3 is 1. The number of nitrogens with one attached hydrogen (secondary N) is 1. The standard InChI is InChI=1S/C21H21N3O4/c1-28-21(27)16-9-7-15(8-10-16)13-14-22-20(26)18-11-12-19(25)24(23-18)17-5-3-2-4-6-17/h2-10H,11-14H2,1H3,(H,22,26). The minimum absolute atomic E-state index is 0.131. The van der Waals surface area contributed by atoms with Crippen molar-refractivity contribution in [1.82, 2.24) is 5.32 Å². The molecule has 0 aromatic heterocycles. The number of anilines is 1. The molecule has 0 unspecified atom stereocenters. The van der Waals surface area contributed by atoms with E-state index in [1.165, 1.54) is 12.1 Å². The van der Waals surface area contributed by atoms with Crippen molar-refractivity contribution in [3.05, 3.63) is 65.7 Å². The Kier molecular flexibility index (Phi) is 6.16. The molecule has 0 saturated heterocycles. The number of amides is 2. The molecule has 0 bridgehead atoms. The molecule has 0 radical (unpaired) electrons. The van der Waals surface area contributed by atoms with E-state index in [2.05, 4.69) is 15.2 Å². The predicted molar refractivity (Wildman–Crippen MR) is 105 cm³/mol. The molecule has 28 heavy (non-hydrogen) atoms. The highest BCUT2D eigenvalue weighted by Gasteiger charge is 2.25. The van der Waals surface area contributed by atoms with Gasteiger partial charge in [0.15, 0.2) is 0 Å². The smallest absolute Gasteiger partial charge is 0.337 e. The summed E-state index contributed by atoms with van der Waals surface area (Å²) in [5.74, 6) is -0.791. The lowest BCUT2D eigenvalue weighted by atomic mass is 10.1. The van der Waals surface area contributed by atoms with Crippen LogP contribution in [0, 0.1) is 0 Å². The lowest BCUT2D eigenvalue weighted by molar-refractivity contribution is -0.118. The molecular formula is C21H21N3O4. The van der Waals surface area contributed by atoms with Crippen LogP contribution in [0.2, 0.25) is 0 Å². The molecule has 0 atom stereocenters. The molecule has 3 rings (SSSR count). The van der Waals surface area contributed by atoms with Crippen molar-refractivity contribution in [2.24, 2.45) is 5.10 Å². The largest absolute Gasteiger partial charge is 0.465 e. The topological polar surface area (TPSA) is 88.1 Å². The summed E-state index contributed by atoms with van der Waals surface area (Å²) in [5.41, 5.74) is 2.45. The van der Waals surface area contributed by atoms with Crippen molar-refractivity contribution in [3.63, 3.8) is 0 Å². The molecule has 0 aliphatic carbocycles. The average molecular weight is 379 g/mol. The van der Waals surface area contributed by atoms with Crippen LogP contribution in [0.25, 0.3) is 0 Å². The van der Waals surface area contributed by atoms with Gasteiger partial charge in [0.2, 0.25) is 5.91 Å². The minimum Gasteiger partial charge on any atom is -0.465 e. The maximum atomic E-state index is 12.4. The van der Waals surface area contributed by atoms with Gasteiger partial charge in [-0.2, -0.15) is 5.10 Å². The predicted octanol–water partition coefficient (Wildman–Crippen LogP) is 2.31. The molecule has 1 aliphatic rings. The fourth-order valence-electron chi connectivity index (χ4n) is 2.84. The first-order valence-corrected chi connectivity index (χ1v) is 8.99. The van der Waals surface area contributed by atoms with Crippen LogP contribution in [-0.2, 0) is 20.7 Å². The Balaban J connectivity index is 1.57.